The molecule has 8 heteroatoms. The second-order valence-electron chi connectivity index (χ2n) is 8.18. The molecule has 1 amide bonds. The molecule has 0 unspecified atom stereocenters. The first kappa shape index (κ1) is 23.2. The topological polar surface area (TPSA) is 84.7 Å². The van der Waals surface area contributed by atoms with Gasteiger partial charge < -0.3 is 14.7 Å². The van der Waals surface area contributed by atoms with Crippen LogP contribution in [0.15, 0.2) is 48.8 Å². The van der Waals surface area contributed by atoms with Crippen LogP contribution in [0.5, 0.6) is 5.75 Å². The first-order valence-corrected chi connectivity index (χ1v) is 11.1. The Hall–Kier alpha value is -3.94. The number of amides is 1. The molecule has 2 heterocycles. The lowest BCUT2D eigenvalue weighted by Gasteiger charge is -2.30. The number of hydrogen-bond acceptors (Lipinski definition) is 4. The minimum absolute atomic E-state index is 0.118. The molecule has 4 rings (SSSR count). The Labute approximate surface area is 197 Å². The van der Waals surface area contributed by atoms with Gasteiger partial charge in [0.1, 0.15) is 11.6 Å². The number of benzene rings is 2. The van der Waals surface area contributed by atoms with E-state index in [1.807, 2.05) is 20.2 Å². The lowest BCUT2D eigenvalue weighted by atomic mass is 9.89. The highest BCUT2D eigenvalue weighted by molar-refractivity contribution is 5.92. The molecular formula is C26H26FN3O4. The smallest absolute Gasteiger partial charge is 0.307 e. The van der Waals surface area contributed by atoms with Crippen molar-refractivity contribution in [3.05, 3.63) is 76.9 Å². The van der Waals surface area contributed by atoms with Crippen molar-refractivity contribution >= 4 is 18.0 Å². The monoisotopic (exact) mass is 463 g/mol. The Balaban J connectivity index is 1.67. The van der Waals surface area contributed by atoms with Gasteiger partial charge in [0.25, 0.3) is 0 Å². The fourth-order valence-electron chi connectivity index (χ4n) is 4.22. The van der Waals surface area contributed by atoms with Crippen molar-refractivity contribution in [3.63, 3.8) is 0 Å². The number of fused-ring (bicyclic) bond motifs is 1. The lowest BCUT2D eigenvalue weighted by Crippen LogP contribution is -2.35. The molecule has 0 spiro atoms. The van der Waals surface area contributed by atoms with E-state index < -0.39 is 5.97 Å². The van der Waals surface area contributed by atoms with Gasteiger partial charge in [0, 0.05) is 43.5 Å². The van der Waals surface area contributed by atoms with E-state index in [0.717, 1.165) is 22.3 Å². The summed E-state index contributed by atoms with van der Waals surface area (Å²) in [6.45, 7) is 2.93. The average Bonchev–Trinajstić information content (AvgIpc) is 3.23. The molecule has 0 saturated carbocycles. The molecule has 176 valence electrons. The molecule has 34 heavy (non-hydrogen) atoms. The normalized spacial score (nSPS) is 13.2. The highest BCUT2D eigenvalue weighted by Gasteiger charge is 2.26. The van der Waals surface area contributed by atoms with Gasteiger partial charge in [-0.3, -0.25) is 14.3 Å². The molecule has 1 aliphatic rings. The van der Waals surface area contributed by atoms with Crippen molar-refractivity contribution in [2.75, 3.05) is 13.2 Å². The third-order valence-corrected chi connectivity index (χ3v) is 5.80. The van der Waals surface area contributed by atoms with Gasteiger partial charge in [0.05, 0.1) is 19.2 Å². The maximum absolute atomic E-state index is 14.7. The van der Waals surface area contributed by atoms with Crippen LogP contribution >= 0.6 is 0 Å². The van der Waals surface area contributed by atoms with E-state index in [4.69, 9.17) is 9.84 Å². The third kappa shape index (κ3) is 5.01. The van der Waals surface area contributed by atoms with Gasteiger partial charge in [-0.05, 0) is 53.8 Å². The quantitative estimate of drug-likeness (QED) is 0.538. The summed E-state index contributed by atoms with van der Waals surface area (Å²) in [5.41, 5.74) is 4.29. The summed E-state index contributed by atoms with van der Waals surface area (Å²) in [5, 5.41) is 13.2. The summed E-state index contributed by atoms with van der Waals surface area (Å²) >= 11 is 0. The highest BCUT2D eigenvalue weighted by Crippen LogP contribution is 2.38. The number of halogens is 1. The predicted molar refractivity (Wildman–Crippen MR) is 126 cm³/mol. The van der Waals surface area contributed by atoms with Gasteiger partial charge in [-0.25, -0.2) is 4.39 Å². The van der Waals surface area contributed by atoms with E-state index in [1.54, 1.807) is 46.1 Å². The predicted octanol–water partition coefficient (Wildman–Crippen LogP) is 3.85. The molecule has 0 saturated heterocycles. The number of carbonyl (C=O) groups is 2. The van der Waals surface area contributed by atoms with Crippen molar-refractivity contribution in [2.24, 2.45) is 7.05 Å². The summed E-state index contributed by atoms with van der Waals surface area (Å²) in [6, 6.07) is 8.40. The largest absolute Gasteiger partial charge is 0.493 e. The number of carboxylic acid groups (broad SMARTS) is 1. The number of carbonyl (C=O) groups excluding carboxylic acids is 1. The lowest BCUT2D eigenvalue weighted by molar-refractivity contribution is -0.136. The number of aryl methyl sites for hydroxylation is 1. The molecule has 0 bridgehead atoms. The highest BCUT2D eigenvalue weighted by atomic mass is 19.1. The van der Waals surface area contributed by atoms with Gasteiger partial charge in [-0.15, -0.1) is 0 Å². The van der Waals surface area contributed by atoms with Crippen LogP contribution in [0.1, 0.15) is 29.2 Å². The molecule has 0 fully saturated rings. The molecular weight excluding hydrogens is 437 g/mol. The van der Waals surface area contributed by atoms with Crippen molar-refractivity contribution in [2.45, 2.75) is 26.3 Å². The minimum atomic E-state index is -0.928. The molecule has 7 nitrogen and oxygen atoms in total. The first-order valence-electron chi connectivity index (χ1n) is 11.1. The van der Waals surface area contributed by atoms with E-state index >= 15 is 0 Å². The number of ether oxygens (including phenoxy) is 1. The van der Waals surface area contributed by atoms with Gasteiger partial charge in [-0.1, -0.05) is 18.2 Å². The Kier molecular flexibility index (Phi) is 6.77. The zero-order valence-electron chi connectivity index (χ0n) is 19.1. The van der Waals surface area contributed by atoms with Gasteiger partial charge in [0.2, 0.25) is 5.91 Å². The summed E-state index contributed by atoms with van der Waals surface area (Å²) in [5.74, 6) is -0.846. The number of aromatic nitrogens is 2. The molecule has 0 atom stereocenters. The van der Waals surface area contributed by atoms with Gasteiger partial charge >= 0.3 is 5.97 Å². The van der Waals surface area contributed by atoms with E-state index in [-0.39, 0.29) is 24.7 Å². The zero-order valence-corrected chi connectivity index (χ0v) is 19.1. The summed E-state index contributed by atoms with van der Waals surface area (Å²) in [6.07, 6.45) is 6.99. The number of nitrogens with zero attached hydrogens (tertiary/aromatic N) is 3. The van der Waals surface area contributed by atoms with Crippen molar-refractivity contribution in [3.8, 4) is 16.9 Å². The Morgan fingerprint density at radius 1 is 1.21 bits per heavy atom. The zero-order chi connectivity index (χ0) is 24.2. The number of carboxylic acids is 1. The van der Waals surface area contributed by atoms with Crippen LogP contribution in [-0.4, -0.2) is 44.8 Å². The maximum atomic E-state index is 14.7. The van der Waals surface area contributed by atoms with Gasteiger partial charge in [0.15, 0.2) is 0 Å². The Morgan fingerprint density at radius 2 is 2.00 bits per heavy atom. The third-order valence-electron chi connectivity index (χ3n) is 5.80. The second-order valence-corrected chi connectivity index (χ2v) is 8.18. The van der Waals surface area contributed by atoms with E-state index in [1.165, 1.54) is 12.1 Å². The van der Waals surface area contributed by atoms with Crippen LogP contribution in [0.4, 0.5) is 4.39 Å². The SMILES string of the molecule is CCOc1cc(CC(=O)O)ccc1-c1ccc(F)c2c1CN(C(=O)C=Cc1cnn(C)c1)CC2. The van der Waals surface area contributed by atoms with Crippen LogP contribution < -0.4 is 4.74 Å². The van der Waals surface area contributed by atoms with Crippen LogP contribution in [0.25, 0.3) is 17.2 Å². The minimum Gasteiger partial charge on any atom is -0.493 e. The molecule has 1 aromatic heterocycles. The fourth-order valence-corrected chi connectivity index (χ4v) is 4.22. The Morgan fingerprint density at radius 3 is 2.71 bits per heavy atom. The number of hydrogen-bond donors (Lipinski definition) is 1. The van der Waals surface area contributed by atoms with Gasteiger partial charge in [-0.2, -0.15) is 5.10 Å². The molecule has 2 aromatic carbocycles. The standard InChI is InChI=1S/C26H26FN3O4/c1-3-34-24-12-17(13-26(32)33)4-6-21(24)19-7-8-23(27)20-10-11-30(16-22(19)20)25(31)9-5-18-14-28-29(2)15-18/h4-9,12,14-15H,3,10-11,13,16H2,1-2H3,(H,32,33). The molecule has 1 N–H and O–H groups in total. The maximum Gasteiger partial charge on any atom is 0.307 e. The van der Waals surface area contributed by atoms with E-state index in [9.17, 15) is 14.0 Å². The molecule has 0 aliphatic carbocycles. The van der Waals surface area contributed by atoms with Crippen LogP contribution in [-0.2, 0) is 36.0 Å². The first-order chi connectivity index (χ1) is 16.4. The number of aliphatic carboxylic acids is 1. The second kappa shape index (κ2) is 9.91. The van der Waals surface area contributed by atoms with E-state index in [0.29, 0.717) is 36.4 Å². The van der Waals surface area contributed by atoms with Crippen LogP contribution in [0.3, 0.4) is 0 Å². The Bertz CT molecular complexity index is 1260. The van der Waals surface area contributed by atoms with Crippen LogP contribution in [0, 0.1) is 5.82 Å². The van der Waals surface area contributed by atoms with Crippen LogP contribution in [0.2, 0.25) is 0 Å². The molecule has 3 aromatic rings. The van der Waals surface area contributed by atoms with Crippen molar-refractivity contribution in [1.29, 1.82) is 0 Å². The van der Waals surface area contributed by atoms with Crippen molar-refractivity contribution in [1.82, 2.24) is 14.7 Å². The number of rotatable bonds is 7. The summed E-state index contributed by atoms with van der Waals surface area (Å²) in [7, 11) is 1.81. The average molecular weight is 464 g/mol. The van der Waals surface area contributed by atoms with E-state index in [2.05, 4.69) is 5.10 Å². The summed E-state index contributed by atoms with van der Waals surface area (Å²) in [4.78, 5) is 25.7. The fraction of sp³-hybridized carbons (Fsp3) is 0.269. The summed E-state index contributed by atoms with van der Waals surface area (Å²) < 4.78 is 22.2. The molecule has 0 radical (unpaired) electrons. The van der Waals surface area contributed by atoms with Crippen molar-refractivity contribution < 1.29 is 23.8 Å². The molecule has 1 aliphatic heterocycles.